The van der Waals surface area contributed by atoms with Crippen molar-refractivity contribution in [3.8, 4) is 5.69 Å². The molecule has 35 heavy (non-hydrogen) atoms. The molecule has 3 heterocycles. The lowest BCUT2D eigenvalue weighted by Gasteiger charge is -2.32. The highest BCUT2D eigenvalue weighted by Crippen LogP contribution is 2.33. The Morgan fingerprint density at radius 3 is 2.46 bits per heavy atom. The summed E-state index contributed by atoms with van der Waals surface area (Å²) in [5.74, 6) is -0.931. The van der Waals surface area contributed by atoms with E-state index in [1.54, 1.807) is 18.3 Å². The molecule has 4 rings (SSSR count). The lowest BCUT2D eigenvalue weighted by atomic mass is 10.0. The van der Waals surface area contributed by atoms with Gasteiger partial charge < -0.3 is 10.2 Å². The number of carbonyl (C=O) groups excluding carboxylic acids is 2. The number of alkyl halides is 3. The van der Waals surface area contributed by atoms with Crippen LogP contribution in [0.1, 0.15) is 44.9 Å². The summed E-state index contributed by atoms with van der Waals surface area (Å²) in [6.07, 6.45) is -0.710. The van der Waals surface area contributed by atoms with Crippen molar-refractivity contribution < 1.29 is 22.8 Å². The van der Waals surface area contributed by atoms with Crippen molar-refractivity contribution in [3.05, 3.63) is 87.6 Å². The minimum atomic E-state index is -4.64. The lowest BCUT2D eigenvalue weighted by Crippen LogP contribution is -2.47. The molecule has 2 amide bonds. The van der Waals surface area contributed by atoms with Crippen molar-refractivity contribution in [2.24, 2.45) is 0 Å². The maximum Gasteiger partial charge on any atom is 0.418 e. The van der Waals surface area contributed by atoms with Crippen LogP contribution in [-0.2, 0) is 6.18 Å². The van der Waals surface area contributed by atoms with E-state index in [2.05, 4.69) is 15.4 Å². The summed E-state index contributed by atoms with van der Waals surface area (Å²) in [4.78, 5) is 43.3. The molecule has 2 aromatic heterocycles. The molecule has 8 nitrogen and oxygen atoms in total. The molecule has 0 unspecified atom stereocenters. The first kappa shape index (κ1) is 24.1. The van der Waals surface area contributed by atoms with E-state index in [0.717, 1.165) is 16.8 Å². The Morgan fingerprint density at radius 1 is 1.09 bits per heavy atom. The Morgan fingerprint density at radius 2 is 1.80 bits per heavy atom. The number of nitrogens with one attached hydrogen (secondary N) is 1. The number of nitrogens with zero attached hydrogens (tertiary/aromatic N) is 4. The molecule has 182 valence electrons. The van der Waals surface area contributed by atoms with Crippen LogP contribution in [0.5, 0.6) is 0 Å². The Hall–Kier alpha value is -4.02. The maximum absolute atomic E-state index is 13.5. The summed E-state index contributed by atoms with van der Waals surface area (Å²) in [7, 11) is 0. The number of hydrogen-bond donors (Lipinski definition) is 1. The summed E-state index contributed by atoms with van der Waals surface area (Å²) in [6, 6.07) is 9.07. The van der Waals surface area contributed by atoms with E-state index in [0.29, 0.717) is 18.4 Å². The second-order valence-electron chi connectivity index (χ2n) is 8.21. The number of aryl methyl sites for hydroxylation is 1. The Labute approximate surface area is 198 Å². The number of aromatic nitrogens is 3. The first-order valence-corrected chi connectivity index (χ1v) is 10.9. The second kappa shape index (κ2) is 9.69. The van der Waals surface area contributed by atoms with Gasteiger partial charge in [-0.15, -0.1) is 0 Å². The van der Waals surface area contributed by atoms with E-state index in [4.69, 9.17) is 0 Å². The van der Waals surface area contributed by atoms with Gasteiger partial charge in [-0.1, -0.05) is 12.1 Å². The molecule has 1 aromatic carbocycles. The number of amides is 2. The van der Waals surface area contributed by atoms with Gasteiger partial charge in [0.15, 0.2) is 5.69 Å². The van der Waals surface area contributed by atoms with Crippen molar-refractivity contribution in [1.82, 2.24) is 25.0 Å². The normalized spacial score (nSPS) is 14.6. The number of rotatable bonds is 4. The minimum Gasteiger partial charge on any atom is -0.349 e. The number of para-hydroxylation sites is 1. The Bertz CT molecular complexity index is 1300. The van der Waals surface area contributed by atoms with Gasteiger partial charge in [-0.2, -0.15) is 18.3 Å². The number of hydrogen-bond acceptors (Lipinski definition) is 5. The summed E-state index contributed by atoms with van der Waals surface area (Å²) < 4.78 is 41.5. The van der Waals surface area contributed by atoms with Crippen LogP contribution in [0.2, 0.25) is 0 Å². The number of piperidine rings is 1. The van der Waals surface area contributed by atoms with Crippen LogP contribution in [0.15, 0.2) is 59.7 Å². The van der Waals surface area contributed by atoms with Crippen LogP contribution >= 0.6 is 0 Å². The molecule has 1 aliphatic heterocycles. The predicted octanol–water partition coefficient (Wildman–Crippen LogP) is 2.99. The second-order valence-corrected chi connectivity index (χ2v) is 8.21. The van der Waals surface area contributed by atoms with Gasteiger partial charge in [0.1, 0.15) is 0 Å². The predicted molar refractivity (Wildman–Crippen MR) is 120 cm³/mol. The quantitative estimate of drug-likeness (QED) is 0.613. The highest BCUT2D eigenvalue weighted by atomic mass is 19.4. The van der Waals surface area contributed by atoms with Crippen LogP contribution < -0.4 is 10.7 Å². The fourth-order valence-electron chi connectivity index (χ4n) is 3.98. The third-order valence-electron chi connectivity index (χ3n) is 5.79. The highest BCUT2D eigenvalue weighted by Gasteiger charge is 2.34. The van der Waals surface area contributed by atoms with Gasteiger partial charge in [0.05, 0.1) is 16.8 Å². The van der Waals surface area contributed by atoms with Crippen molar-refractivity contribution in [2.45, 2.75) is 32.0 Å². The molecular weight excluding hydrogens is 463 g/mol. The molecule has 0 radical (unpaired) electrons. The van der Waals surface area contributed by atoms with Crippen molar-refractivity contribution in [2.75, 3.05) is 13.1 Å². The third-order valence-corrected chi connectivity index (χ3v) is 5.79. The van der Waals surface area contributed by atoms with Gasteiger partial charge >= 0.3 is 6.18 Å². The van der Waals surface area contributed by atoms with Crippen molar-refractivity contribution in [3.63, 3.8) is 0 Å². The van der Waals surface area contributed by atoms with Crippen molar-refractivity contribution in [1.29, 1.82) is 0 Å². The number of halogens is 3. The van der Waals surface area contributed by atoms with Gasteiger partial charge in [-0.3, -0.25) is 19.4 Å². The van der Waals surface area contributed by atoms with E-state index < -0.39 is 28.8 Å². The van der Waals surface area contributed by atoms with Crippen molar-refractivity contribution >= 4 is 11.8 Å². The number of carbonyl (C=O) groups is 2. The summed E-state index contributed by atoms with van der Waals surface area (Å²) in [5, 5.41) is 6.93. The van der Waals surface area contributed by atoms with Gasteiger partial charge in [0.25, 0.3) is 11.8 Å². The van der Waals surface area contributed by atoms with Crippen LogP contribution in [0.4, 0.5) is 13.2 Å². The van der Waals surface area contributed by atoms with Crippen LogP contribution in [-0.4, -0.2) is 50.6 Å². The molecule has 1 N–H and O–H groups in total. The van der Waals surface area contributed by atoms with Gasteiger partial charge in [-0.05, 0) is 44.0 Å². The third kappa shape index (κ3) is 5.23. The fraction of sp³-hybridized carbons (Fsp3) is 0.292. The largest absolute Gasteiger partial charge is 0.418 e. The van der Waals surface area contributed by atoms with Gasteiger partial charge in [0, 0.05) is 43.3 Å². The molecule has 0 aliphatic carbocycles. The molecule has 3 aromatic rings. The molecule has 1 saturated heterocycles. The lowest BCUT2D eigenvalue weighted by molar-refractivity contribution is -0.137. The first-order chi connectivity index (χ1) is 16.6. The van der Waals surface area contributed by atoms with E-state index in [1.807, 2.05) is 0 Å². The standard InChI is InChI=1S/C24H22F3N5O3/c1-15-13-20(33)21(30-32(15)19-7-3-2-6-18(19)24(25,26)27)23(35)31-11-8-17(9-12-31)29-22(34)16-5-4-10-28-14-16/h2-7,10,13-14,17H,8-9,11-12H2,1H3,(H,29,34). The van der Waals surface area contributed by atoms with Gasteiger partial charge in [0.2, 0.25) is 5.43 Å². The Balaban J connectivity index is 1.51. The Kier molecular flexibility index (Phi) is 6.68. The summed E-state index contributed by atoms with van der Waals surface area (Å²) >= 11 is 0. The highest BCUT2D eigenvalue weighted by molar-refractivity contribution is 5.94. The van der Waals surface area contributed by atoms with Crippen LogP contribution in [0.3, 0.4) is 0 Å². The summed E-state index contributed by atoms with van der Waals surface area (Å²) in [6.45, 7) is 1.96. The molecule has 0 saturated carbocycles. The zero-order valence-corrected chi connectivity index (χ0v) is 18.7. The van der Waals surface area contributed by atoms with Crippen LogP contribution in [0, 0.1) is 6.92 Å². The topological polar surface area (TPSA) is 97.2 Å². The monoisotopic (exact) mass is 485 g/mol. The maximum atomic E-state index is 13.5. The van der Waals surface area contributed by atoms with Crippen LogP contribution in [0.25, 0.3) is 5.69 Å². The number of likely N-dealkylation sites (tertiary alicyclic amines) is 1. The van der Waals surface area contributed by atoms with Gasteiger partial charge in [-0.25, -0.2) is 4.68 Å². The minimum absolute atomic E-state index is 0.167. The first-order valence-electron chi connectivity index (χ1n) is 10.9. The average molecular weight is 485 g/mol. The SMILES string of the molecule is Cc1cc(=O)c(C(=O)N2CCC(NC(=O)c3cccnc3)CC2)nn1-c1ccccc1C(F)(F)F. The molecule has 0 atom stereocenters. The molecular formula is C24H22F3N5O3. The molecule has 1 fully saturated rings. The molecule has 0 bridgehead atoms. The number of pyridine rings is 1. The van der Waals surface area contributed by atoms with E-state index >= 15 is 0 Å². The van der Waals surface area contributed by atoms with E-state index in [1.165, 1.54) is 36.2 Å². The zero-order valence-electron chi connectivity index (χ0n) is 18.7. The molecule has 11 heteroatoms. The average Bonchev–Trinajstić information content (AvgIpc) is 2.84. The van der Waals surface area contributed by atoms with E-state index in [9.17, 15) is 27.6 Å². The van der Waals surface area contributed by atoms with E-state index in [-0.39, 0.29) is 36.4 Å². The summed E-state index contributed by atoms with van der Waals surface area (Å²) in [5.41, 5.74) is -1.73. The molecule has 1 aliphatic rings. The zero-order chi connectivity index (χ0) is 25.2. The smallest absolute Gasteiger partial charge is 0.349 e. The number of benzene rings is 1. The fourth-order valence-corrected chi connectivity index (χ4v) is 3.98. The molecule has 0 spiro atoms.